The van der Waals surface area contributed by atoms with Crippen LogP contribution in [0.5, 0.6) is 5.75 Å². The van der Waals surface area contributed by atoms with Crippen LogP contribution >= 0.6 is 11.6 Å². The van der Waals surface area contributed by atoms with Crippen LogP contribution in [0.15, 0.2) is 53.6 Å². The van der Waals surface area contributed by atoms with Crippen molar-refractivity contribution >= 4 is 35.6 Å². The quantitative estimate of drug-likeness (QED) is 0.377. The SMILES string of the molecule is O=C(O)COc1ccccc1/C=N\NC(=O)C(=O)NCc1ccc(Cl)cc1. The Balaban J connectivity index is 1.86. The number of nitrogens with zero attached hydrogens (tertiary/aromatic N) is 1. The van der Waals surface area contributed by atoms with Gasteiger partial charge >= 0.3 is 17.8 Å². The highest BCUT2D eigenvalue weighted by Gasteiger charge is 2.12. The molecule has 8 nitrogen and oxygen atoms in total. The first-order chi connectivity index (χ1) is 13.0. The van der Waals surface area contributed by atoms with E-state index in [2.05, 4.69) is 15.8 Å². The van der Waals surface area contributed by atoms with Gasteiger partial charge in [-0.05, 0) is 29.8 Å². The summed E-state index contributed by atoms with van der Waals surface area (Å²) in [6.07, 6.45) is 1.25. The minimum absolute atomic E-state index is 0.166. The van der Waals surface area contributed by atoms with Crippen LogP contribution in [0, 0.1) is 0 Å². The highest BCUT2D eigenvalue weighted by molar-refractivity contribution is 6.35. The van der Waals surface area contributed by atoms with E-state index in [1.54, 1.807) is 48.5 Å². The van der Waals surface area contributed by atoms with Crippen LogP contribution in [0.2, 0.25) is 5.02 Å². The van der Waals surface area contributed by atoms with Crippen molar-refractivity contribution in [2.45, 2.75) is 6.54 Å². The lowest BCUT2D eigenvalue weighted by Crippen LogP contribution is -2.37. The Kier molecular flexibility index (Phi) is 7.33. The number of carbonyl (C=O) groups excluding carboxylic acids is 2. The van der Waals surface area contributed by atoms with E-state index in [1.807, 2.05) is 0 Å². The van der Waals surface area contributed by atoms with Crippen molar-refractivity contribution in [3.63, 3.8) is 0 Å². The van der Waals surface area contributed by atoms with Gasteiger partial charge in [-0.3, -0.25) is 9.59 Å². The number of amides is 2. The minimum atomic E-state index is -1.12. The van der Waals surface area contributed by atoms with Gasteiger partial charge in [0.2, 0.25) is 0 Å². The van der Waals surface area contributed by atoms with E-state index < -0.39 is 24.4 Å². The molecule has 0 saturated carbocycles. The zero-order chi connectivity index (χ0) is 19.6. The maximum absolute atomic E-state index is 11.8. The predicted molar refractivity (Wildman–Crippen MR) is 98.6 cm³/mol. The third kappa shape index (κ3) is 6.79. The summed E-state index contributed by atoms with van der Waals surface area (Å²) < 4.78 is 5.11. The summed E-state index contributed by atoms with van der Waals surface area (Å²) in [7, 11) is 0. The number of nitrogens with one attached hydrogen (secondary N) is 2. The van der Waals surface area contributed by atoms with Crippen molar-refractivity contribution in [1.82, 2.24) is 10.7 Å². The second kappa shape index (κ2) is 9.93. The Labute approximate surface area is 159 Å². The summed E-state index contributed by atoms with van der Waals surface area (Å²) in [5, 5.41) is 15.4. The van der Waals surface area contributed by atoms with Crippen LogP contribution in [-0.4, -0.2) is 35.7 Å². The van der Waals surface area contributed by atoms with Gasteiger partial charge < -0.3 is 15.2 Å². The van der Waals surface area contributed by atoms with Gasteiger partial charge in [0.15, 0.2) is 6.61 Å². The molecule has 0 aliphatic heterocycles. The summed E-state index contributed by atoms with van der Waals surface area (Å²) >= 11 is 5.77. The van der Waals surface area contributed by atoms with Crippen LogP contribution in [0.1, 0.15) is 11.1 Å². The summed E-state index contributed by atoms with van der Waals surface area (Å²) in [5.41, 5.74) is 3.32. The van der Waals surface area contributed by atoms with Gasteiger partial charge in [-0.25, -0.2) is 10.2 Å². The molecule has 3 N–H and O–H groups in total. The number of hydrogen-bond donors (Lipinski definition) is 3. The van der Waals surface area contributed by atoms with E-state index in [9.17, 15) is 14.4 Å². The van der Waals surface area contributed by atoms with Crippen LogP contribution in [-0.2, 0) is 20.9 Å². The normalized spacial score (nSPS) is 10.4. The Bertz CT molecular complexity index is 852. The molecule has 2 amide bonds. The minimum Gasteiger partial charge on any atom is -0.481 e. The molecule has 0 unspecified atom stereocenters. The summed E-state index contributed by atoms with van der Waals surface area (Å²) in [6, 6.07) is 13.3. The summed E-state index contributed by atoms with van der Waals surface area (Å²) in [6.45, 7) is -0.344. The maximum Gasteiger partial charge on any atom is 0.341 e. The molecule has 0 saturated heterocycles. The molecule has 9 heteroatoms. The zero-order valence-electron chi connectivity index (χ0n) is 14.0. The molecular formula is C18H16ClN3O5. The first-order valence-electron chi connectivity index (χ1n) is 7.75. The number of rotatable bonds is 7. The molecule has 0 bridgehead atoms. The first-order valence-corrected chi connectivity index (χ1v) is 8.13. The molecule has 0 aliphatic carbocycles. The van der Waals surface area contributed by atoms with Gasteiger partial charge in [0, 0.05) is 17.1 Å². The van der Waals surface area contributed by atoms with E-state index in [0.29, 0.717) is 10.6 Å². The number of carbonyl (C=O) groups is 3. The fourth-order valence-electron chi connectivity index (χ4n) is 1.93. The lowest BCUT2D eigenvalue weighted by Gasteiger charge is -2.06. The average molecular weight is 390 g/mol. The monoisotopic (exact) mass is 389 g/mol. The van der Waals surface area contributed by atoms with E-state index >= 15 is 0 Å². The van der Waals surface area contributed by atoms with Gasteiger partial charge in [0.1, 0.15) is 5.75 Å². The van der Waals surface area contributed by atoms with Crippen molar-refractivity contribution < 1.29 is 24.2 Å². The molecule has 0 heterocycles. The molecule has 0 atom stereocenters. The molecule has 0 aliphatic rings. The molecule has 0 spiro atoms. The highest BCUT2D eigenvalue weighted by Crippen LogP contribution is 2.15. The largest absolute Gasteiger partial charge is 0.481 e. The number of benzene rings is 2. The Hall–Kier alpha value is -3.39. The number of para-hydroxylation sites is 1. The molecule has 0 fully saturated rings. The van der Waals surface area contributed by atoms with E-state index in [1.165, 1.54) is 6.21 Å². The van der Waals surface area contributed by atoms with Gasteiger partial charge in [0.05, 0.1) is 6.21 Å². The molecular weight excluding hydrogens is 374 g/mol. The van der Waals surface area contributed by atoms with E-state index in [4.69, 9.17) is 21.4 Å². The number of hydrazone groups is 1. The number of ether oxygens (including phenoxy) is 1. The second-order valence-corrected chi connectivity index (χ2v) is 5.66. The van der Waals surface area contributed by atoms with Gasteiger partial charge in [-0.1, -0.05) is 35.9 Å². The molecule has 140 valence electrons. The Morgan fingerprint density at radius 3 is 2.48 bits per heavy atom. The number of carboxylic acids is 1. The number of hydrogen-bond acceptors (Lipinski definition) is 5. The Morgan fingerprint density at radius 2 is 1.78 bits per heavy atom. The maximum atomic E-state index is 11.8. The van der Waals surface area contributed by atoms with Crippen LogP contribution in [0.4, 0.5) is 0 Å². The fraction of sp³-hybridized carbons (Fsp3) is 0.111. The molecule has 2 aromatic rings. The number of aliphatic carboxylic acids is 1. The highest BCUT2D eigenvalue weighted by atomic mass is 35.5. The van der Waals surface area contributed by atoms with E-state index in [-0.39, 0.29) is 12.3 Å². The van der Waals surface area contributed by atoms with Crippen molar-refractivity contribution in [2.75, 3.05) is 6.61 Å². The Morgan fingerprint density at radius 1 is 1.07 bits per heavy atom. The van der Waals surface area contributed by atoms with Crippen molar-refractivity contribution in [1.29, 1.82) is 0 Å². The van der Waals surface area contributed by atoms with Crippen LogP contribution in [0.3, 0.4) is 0 Å². The third-order valence-electron chi connectivity index (χ3n) is 3.21. The second-order valence-electron chi connectivity index (χ2n) is 5.23. The van der Waals surface area contributed by atoms with Crippen LogP contribution in [0.25, 0.3) is 0 Å². The van der Waals surface area contributed by atoms with Crippen molar-refractivity contribution in [2.24, 2.45) is 5.10 Å². The molecule has 0 aromatic heterocycles. The lowest BCUT2D eigenvalue weighted by molar-refractivity contribution is -0.139. The lowest BCUT2D eigenvalue weighted by atomic mass is 10.2. The number of halogens is 1. The fourth-order valence-corrected chi connectivity index (χ4v) is 2.06. The van der Waals surface area contributed by atoms with Gasteiger partial charge in [-0.15, -0.1) is 0 Å². The standard InChI is InChI=1S/C18H16ClN3O5/c19-14-7-5-12(6-8-14)9-20-17(25)18(26)22-21-10-13-3-1-2-4-15(13)27-11-16(23)24/h1-8,10H,9,11H2,(H,20,25)(H,22,26)(H,23,24)/b21-10-. The summed E-state index contributed by atoms with van der Waals surface area (Å²) in [4.78, 5) is 34.1. The third-order valence-corrected chi connectivity index (χ3v) is 3.46. The topological polar surface area (TPSA) is 117 Å². The van der Waals surface area contributed by atoms with Crippen molar-refractivity contribution in [3.8, 4) is 5.75 Å². The molecule has 0 radical (unpaired) electrons. The molecule has 2 rings (SSSR count). The summed E-state index contributed by atoms with van der Waals surface area (Å²) in [5.74, 6) is -2.63. The van der Waals surface area contributed by atoms with Gasteiger partial charge in [0.25, 0.3) is 0 Å². The smallest absolute Gasteiger partial charge is 0.341 e. The first kappa shape index (κ1) is 19.9. The zero-order valence-corrected chi connectivity index (χ0v) is 14.8. The molecule has 2 aromatic carbocycles. The van der Waals surface area contributed by atoms with Crippen LogP contribution < -0.4 is 15.5 Å². The number of carboxylic acid groups (broad SMARTS) is 1. The van der Waals surface area contributed by atoms with Gasteiger partial charge in [-0.2, -0.15) is 5.10 Å². The molecule has 27 heavy (non-hydrogen) atoms. The predicted octanol–water partition coefficient (Wildman–Crippen LogP) is 1.57. The average Bonchev–Trinajstić information content (AvgIpc) is 2.66. The van der Waals surface area contributed by atoms with E-state index in [0.717, 1.165) is 5.56 Å². The van der Waals surface area contributed by atoms with Crippen molar-refractivity contribution in [3.05, 3.63) is 64.7 Å².